The van der Waals surface area contributed by atoms with Gasteiger partial charge in [0.25, 0.3) is 6.02 Å². The summed E-state index contributed by atoms with van der Waals surface area (Å²) in [5, 5.41) is 1.92. The van der Waals surface area contributed by atoms with Gasteiger partial charge >= 0.3 is 12.3 Å². The van der Waals surface area contributed by atoms with E-state index in [1.807, 2.05) is 5.32 Å². The lowest BCUT2D eigenvalue weighted by molar-refractivity contribution is -0.209. The van der Waals surface area contributed by atoms with Crippen LogP contribution in [-0.4, -0.2) is 36.7 Å². The first-order chi connectivity index (χ1) is 13.3. The van der Waals surface area contributed by atoms with E-state index in [0.717, 1.165) is 12.1 Å². The third-order valence-electron chi connectivity index (χ3n) is 3.92. The monoisotopic (exact) mass is 418 g/mol. The highest BCUT2D eigenvalue weighted by molar-refractivity contribution is 5.91. The largest absolute Gasteiger partial charge is 0.452 e. The summed E-state index contributed by atoms with van der Waals surface area (Å²) in [7, 11) is 0. The summed E-state index contributed by atoms with van der Waals surface area (Å²) in [5.74, 6) is 1.21. The number of carbonyl (C=O) groups is 1. The van der Waals surface area contributed by atoms with Gasteiger partial charge in [0.1, 0.15) is 23.6 Å². The zero-order chi connectivity index (χ0) is 22.0. The Hall–Kier alpha value is -2.83. The van der Waals surface area contributed by atoms with Gasteiger partial charge in [0.15, 0.2) is 6.10 Å². The Bertz CT molecular complexity index is 855. The van der Waals surface area contributed by atoms with Crippen LogP contribution in [0.15, 0.2) is 23.2 Å². The molecule has 1 aliphatic heterocycles. The van der Waals surface area contributed by atoms with Crippen molar-refractivity contribution < 1.29 is 36.2 Å². The van der Waals surface area contributed by atoms with Crippen LogP contribution in [-0.2, 0) is 15.0 Å². The van der Waals surface area contributed by atoms with E-state index in [2.05, 4.69) is 10.9 Å². The number of carbonyl (C=O) groups excluding carboxylic acids is 1. The molecule has 1 aliphatic rings. The minimum atomic E-state index is -4.93. The normalized spacial score (nSPS) is 22.2. The van der Waals surface area contributed by atoms with E-state index in [0.29, 0.717) is 0 Å². The number of amides is 1. The van der Waals surface area contributed by atoms with Gasteiger partial charge in [-0.2, -0.15) is 13.2 Å². The van der Waals surface area contributed by atoms with Crippen molar-refractivity contribution >= 4 is 12.1 Å². The lowest BCUT2D eigenvalue weighted by Gasteiger charge is -2.37. The minimum absolute atomic E-state index is 0.126. The highest BCUT2D eigenvalue weighted by Crippen LogP contribution is 2.41. The molecule has 29 heavy (non-hydrogen) atoms. The number of halogens is 5. The lowest BCUT2D eigenvalue weighted by atomic mass is 9.84. The van der Waals surface area contributed by atoms with Crippen molar-refractivity contribution in [3.63, 3.8) is 0 Å². The molecule has 158 valence electrons. The Morgan fingerprint density at radius 3 is 2.59 bits per heavy atom. The summed E-state index contributed by atoms with van der Waals surface area (Å²) < 4.78 is 78.3. The van der Waals surface area contributed by atoms with Gasteiger partial charge in [0, 0.05) is 17.5 Å². The van der Waals surface area contributed by atoms with Gasteiger partial charge < -0.3 is 9.47 Å². The van der Waals surface area contributed by atoms with Crippen LogP contribution in [0.4, 0.5) is 26.7 Å². The Balaban J connectivity index is 2.53. The Labute approximate surface area is 164 Å². The Kier molecular flexibility index (Phi) is 6.11. The average Bonchev–Trinajstić information content (AvgIpc) is 2.59. The van der Waals surface area contributed by atoms with E-state index in [1.54, 1.807) is 0 Å². The molecule has 10 heteroatoms. The molecule has 1 amide bonds. The van der Waals surface area contributed by atoms with Gasteiger partial charge in [0.2, 0.25) is 0 Å². The van der Waals surface area contributed by atoms with Gasteiger partial charge in [0.05, 0.1) is 0 Å². The molecule has 5 nitrogen and oxygen atoms in total. The van der Waals surface area contributed by atoms with E-state index in [-0.39, 0.29) is 5.56 Å². The third kappa shape index (κ3) is 5.37. The first-order valence-corrected chi connectivity index (χ1v) is 8.45. The van der Waals surface area contributed by atoms with Crippen molar-refractivity contribution in [3.05, 3.63) is 35.1 Å². The molecule has 0 spiro atoms. The third-order valence-corrected chi connectivity index (χ3v) is 3.92. The smallest absolute Gasteiger partial charge is 0.425 e. The molecule has 0 unspecified atom stereocenters. The fraction of sp³-hybridized carbons (Fsp3) is 0.474. The lowest BCUT2D eigenvalue weighted by Crippen LogP contribution is -2.51. The number of rotatable bonds is 2. The van der Waals surface area contributed by atoms with E-state index >= 15 is 0 Å². The van der Waals surface area contributed by atoms with Crippen molar-refractivity contribution in [1.29, 1.82) is 0 Å². The zero-order valence-electron chi connectivity index (χ0n) is 15.9. The molecule has 0 aliphatic carbocycles. The van der Waals surface area contributed by atoms with Gasteiger partial charge in [-0.05, 0) is 39.0 Å². The van der Waals surface area contributed by atoms with Crippen LogP contribution in [0.3, 0.4) is 0 Å². The van der Waals surface area contributed by atoms with Crippen LogP contribution < -0.4 is 5.32 Å². The number of hydrogen-bond donors (Lipinski definition) is 1. The first kappa shape index (κ1) is 22.5. The Morgan fingerprint density at radius 1 is 1.41 bits per heavy atom. The topological polar surface area (TPSA) is 59.9 Å². The summed E-state index contributed by atoms with van der Waals surface area (Å²) in [6.45, 7) is 3.09. The van der Waals surface area contributed by atoms with Gasteiger partial charge in [-0.3, -0.25) is 0 Å². The molecule has 2 atom stereocenters. The molecule has 1 heterocycles. The highest BCUT2D eigenvalue weighted by Gasteiger charge is 2.52. The molecular weight excluding hydrogens is 399 g/mol. The number of terminal acetylenes is 1. The molecule has 1 aromatic carbocycles. The summed E-state index contributed by atoms with van der Waals surface area (Å²) in [6, 6.07) is 2.24. The van der Waals surface area contributed by atoms with E-state index < -0.39 is 60.0 Å². The SMILES string of the molecule is C#Cc1ccc(F)c([C@]2(CF)C[C@@H](C(F)(F)F)OC(NC(=O)OC(C)(C)C)=N2)c1. The second-order valence-electron chi connectivity index (χ2n) is 7.40. The van der Waals surface area contributed by atoms with Crippen molar-refractivity contribution in [2.45, 2.75) is 50.6 Å². The van der Waals surface area contributed by atoms with Gasteiger partial charge in [-0.15, -0.1) is 6.42 Å². The zero-order valence-corrected chi connectivity index (χ0v) is 15.9. The molecule has 0 aromatic heterocycles. The van der Waals surface area contributed by atoms with Crippen molar-refractivity contribution in [3.8, 4) is 12.3 Å². The summed E-state index contributed by atoms with van der Waals surface area (Å²) in [6.07, 6.45) is -4.44. The predicted molar refractivity (Wildman–Crippen MR) is 94.3 cm³/mol. The van der Waals surface area contributed by atoms with Crippen LogP contribution >= 0.6 is 0 Å². The summed E-state index contributed by atoms with van der Waals surface area (Å²) in [4.78, 5) is 15.7. The number of aliphatic imine (C=N–C) groups is 1. The second kappa shape index (κ2) is 7.89. The molecule has 2 rings (SSSR count). The molecule has 0 radical (unpaired) electrons. The first-order valence-electron chi connectivity index (χ1n) is 8.45. The molecule has 1 aromatic rings. The number of hydrogen-bond acceptors (Lipinski definition) is 4. The van der Waals surface area contributed by atoms with Gasteiger partial charge in [-0.1, -0.05) is 5.92 Å². The molecular formula is C19H19F5N2O3. The average molecular weight is 418 g/mol. The number of nitrogens with one attached hydrogen (secondary N) is 1. The number of amidine groups is 1. The highest BCUT2D eigenvalue weighted by atomic mass is 19.4. The fourth-order valence-electron chi connectivity index (χ4n) is 2.68. The molecule has 0 saturated heterocycles. The van der Waals surface area contributed by atoms with Crippen LogP contribution in [0.2, 0.25) is 0 Å². The second-order valence-corrected chi connectivity index (χ2v) is 7.40. The minimum Gasteiger partial charge on any atom is -0.452 e. The maximum absolute atomic E-state index is 14.4. The van der Waals surface area contributed by atoms with Crippen molar-refractivity contribution in [2.24, 2.45) is 4.99 Å². The predicted octanol–water partition coefficient (Wildman–Crippen LogP) is 4.20. The number of alkyl halides is 4. The summed E-state index contributed by atoms with van der Waals surface area (Å²) >= 11 is 0. The van der Waals surface area contributed by atoms with E-state index in [4.69, 9.17) is 15.9 Å². The van der Waals surface area contributed by atoms with Crippen LogP contribution in [0.1, 0.15) is 38.3 Å². The molecule has 0 fully saturated rings. The van der Waals surface area contributed by atoms with E-state index in [9.17, 15) is 26.7 Å². The van der Waals surface area contributed by atoms with Crippen molar-refractivity contribution in [2.75, 3.05) is 6.67 Å². The summed E-state index contributed by atoms with van der Waals surface area (Å²) in [5.41, 5.74) is -3.62. The van der Waals surface area contributed by atoms with Crippen molar-refractivity contribution in [1.82, 2.24) is 5.32 Å². The molecule has 0 saturated carbocycles. The number of nitrogens with zero attached hydrogens (tertiary/aromatic N) is 1. The van der Waals surface area contributed by atoms with Crippen LogP contribution in [0.25, 0.3) is 0 Å². The van der Waals surface area contributed by atoms with Gasteiger partial charge in [-0.25, -0.2) is 23.9 Å². The number of alkyl carbamates (subject to hydrolysis) is 1. The molecule has 1 N–H and O–H groups in total. The maximum atomic E-state index is 14.4. The van der Waals surface area contributed by atoms with Crippen LogP contribution in [0.5, 0.6) is 0 Å². The van der Waals surface area contributed by atoms with E-state index in [1.165, 1.54) is 26.8 Å². The number of ether oxygens (including phenoxy) is 2. The molecule has 0 bridgehead atoms. The van der Waals surface area contributed by atoms with Crippen LogP contribution in [0, 0.1) is 18.2 Å². The quantitative estimate of drug-likeness (QED) is 0.579. The standard InChI is InChI=1S/C19H19F5N2O3/c1-5-11-6-7-13(21)12(8-11)18(10-20)9-14(19(22,23)24)28-15(26-18)25-16(27)29-17(2,3)4/h1,6-8,14H,9-10H2,2-4H3,(H,25,26,27)/t14-,18+/m0/s1. The maximum Gasteiger partial charge on any atom is 0.425 e. The Morgan fingerprint density at radius 2 is 2.07 bits per heavy atom. The fourth-order valence-corrected chi connectivity index (χ4v) is 2.68. The number of benzene rings is 1.